The Bertz CT molecular complexity index is 549. The number of nitrogens with zero attached hydrogens (tertiary/aromatic N) is 1. The summed E-state index contributed by atoms with van der Waals surface area (Å²) < 4.78 is 13.8. The highest BCUT2D eigenvalue weighted by Crippen LogP contribution is 2.17. The molecule has 0 bridgehead atoms. The molecule has 0 spiro atoms. The molecule has 0 aromatic heterocycles. The second kappa shape index (κ2) is 5.85. The van der Waals surface area contributed by atoms with Crippen LogP contribution in [0.25, 0.3) is 0 Å². The van der Waals surface area contributed by atoms with Crippen molar-refractivity contribution in [3.05, 3.63) is 65.0 Å². The average Bonchev–Trinajstić information content (AvgIpc) is 2.38. The minimum atomic E-state index is -0.307. The van der Waals surface area contributed by atoms with Gasteiger partial charge in [-0.25, -0.2) is 4.39 Å². The van der Waals surface area contributed by atoms with E-state index in [2.05, 4.69) is 36.1 Å². The fourth-order valence-electron chi connectivity index (χ4n) is 2.07. The van der Waals surface area contributed by atoms with Crippen molar-refractivity contribution < 1.29 is 4.39 Å². The van der Waals surface area contributed by atoms with E-state index in [1.807, 2.05) is 7.05 Å². The Kier molecular flexibility index (Phi) is 4.17. The van der Waals surface area contributed by atoms with Gasteiger partial charge in [-0.2, -0.15) is 0 Å². The van der Waals surface area contributed by atoms with Crippen LogP contribution < -0.4 is 5.73 Å². The summed E-state index contributed by atoms with van der Waals surface area (Å²) in [7, 11) is 1.97. The van der Waals surface area contributed by atoms with Gasteiger partial charge in [0.05, 0.1) is 5.69 Å². The Morgan fingerprint density at radius 1 is 1.05 bits per heavy atom. The zero-order chi connectivity index (χ0) is 13.8. The van der Waals surface area contributed by atoms with Crippen molar-refractivity contribution in [3.8, 4) is 0 Å². The summed E-state index contributed by atoms with van der Waals surface area (Å²) in [5.41, 5.74) is 8.88. The van der Waals surface area contributed by atoms with E-state index in [1.54, 1.807) is 18.2 Å². The zero-order valence-electron chi connectivity index (χ0n) is 11.4. The first-order chi connectivity index (χ1) is 9.06. The van der Waals surface area contributed by atoms with Crippen LogP contribution in [0, 0.1) is 12.7 Å². The quantitative estimate of drug-likeness (QED) is 0.852. The lowest BCUT2D eigenvalue weighted by Crippen LogP contribution is -2.18. The van der Waals surface area contributed by atoms with E-state index < -0.39 is 0 Å². The van der Waals surface area contributed by atoms with Gasteiger partial charge >= 0.3 is 0 Å². The molecule has 0 aliphatic rings. The second-order valence-corrected chi connectivity index (χ2v) is 4.98. The van der Waals surface area contributed by atoms with Gasteiger partial charge in [0.1, 0.15) is 0 Å². The number of nitrogens with two attached hydrogens (primary N) is 1. The first-order valence-corrected chi connectivity index (χ1v) is 6.33. The highest BCUT2D eigenvalue weighted by molar-refractivity contribution is 5.42. The smallest absolute Gasteiger partial charge is 0.150 e. The number of benzene rings is 2. The van der Waals surface area contributed by atoms with Crippen molar-refractivity contribution in [2.75, 3.05) is 12.8 Å². The molecule has 2 N–H and O–H groups in total. The third-order valence-electron chi connectivity index (χ3n) is 3.12. The summed E-state index contributed by atoms with van der Waals surface area (Å²) in [4.78, 5) is 2.07. The fourth-order valence-corrected chi connectivity index (χ4v) is 2.07. The second-order valence-electron chi connectivity index (χ2n) is 4.98. The molecule has 2 aromatic rings. The Morgan fingerprint density at radius 3 is 2.42 bits per heavy atom. The van der Waals surface area contributed by atoms with Gasteiger partial charge < -0.3 is 5.73 Å². The molecule has 2 rings (SSSR count). The summed E-state index contributed by atoms with van der Waals surface area (Å²) >= 11 is 0. The molecule has 0 heterocycles. The van der Waals surface area contributed by atoms with Crippen molar-refractivity contribution in [2.45, 2.75) is 20.0 Å². The van der Waals surface area contributed by atoms with Gasteiger partial charge in [-0.05, 0) is 25.6 Å². The molecular formula is C16H19FN2. The molecule has 100 valence electrons. The summed E-state index contributed by atoms with van der Waals surface area (Å²) in [5.74, 6) is -0.307. The molecular weight excluding hydrogens is 239 g/mol. The normalized spacial score (nSPS) is 10.9. The molecule has 0 saturated carbocycles. The summed E-state index contributed by atoms with van der Waals surface area (Å²) in [6.07, 6.45) is 0. The highest BCUT2D eigenvalue weighted by Gasteiger charge is 2.08. The Hall–Kier alpha value is -1.87. The van der Waals surface area contributed by atoms with Gasteiger partial charge in [-0.3, -0.25) is 4.90 Å². The maximum absolute atomic E-state index is 13.8. The number of halogens is 1. The van der Waals surface area contributed by atoms with E-state index in [4.69, 9.17) is 5.73 Å². The van der Waals surface area contributed by atoms with Crippen LogP contribution in [0.5, 0.6) is 0 Å². The summed E-state index contributed by atoms with van der Waals surface area (Å²) in [6.45, 7) is 3.40. The molecule has 0 aliphatic heterocycles. The minimum absolute atomic E-state index is 0.209. The molecule has 19 heavy (non-hydrogen) atoms. The number of aryl methyl sites for hydroxylation is 1. The van der Waals surface area contributed by atoms with E-state index in [9.17, 15) is 4.39 Å². The van der Waals surface area contributed by atoms with E-state index in [0.717, 1.165) is 6.54 Å². The summed E-state index contributed by atoms with van der Waals surface area (Å²) in [5, 5.41) is 0. The van der Waals surface area contributed by atoms with Crippen LogP contribution in [0.2, 0.25) is 0 Å². The van der Waals surface area contributed by atoms with Crippen LogP contribution in [0.4, 0.5) is 10.1 Å². The Labute approximate surface area is 113 Å². The lowest BCUT2D eigenvalue weighted by atomic mass is 10.1. The first-order valence-electron chi connectivity index (χ1n) is 6.33. The van der Waals surface area contributed by atoms with Crippen molar-refractivity contribution in [3.63, 3.8) is 0 Å². The first kappa shape index (κ1) is 13.6. The molecule has 3 heteroatoms. The van der Waals surface area contributed by atoms with Gasteiger partial charge in [-0.1, -0.05) is 42.0 Å². The fraction of sp³-hybridized carbons (Fsp3) is 0.250. The maximum atomic E-state index is 13.8. The number of anilines is 1. The molecule has 0 amide bonds. The van der Waals surface area contributed by atoms with Crippen LogP contribution in [-0.2, 0) is 13.1 Å². The van der Waals surface area contributed by atoms with Crippen molar-refractivity contribution in [2.24, 2.45) is 0 Å². The molecule has 0 radical (unpaired) electrons. The van der Waals surface area contributed by atoms with Crippen molar-refractivity contribution >= 4 is 5.69 Å². The minimum Gasteiger partial charge on any atom is -0.396 e. The molecule has 2 aromatic carbocycles. The van der Waals surface area contributed by atoms with Crippen molar-refractivity contribution in [1.82, 2.24) is 4.90 Å². The highest BCUT2D eigenvalue weighted by atomic mass is 19.1. The number of hydrogen-bond donors (Lipinski definition) is 1. The van der Waals surface area contributed by atoms with Crippen LogP contribution >= 0.6 is 0 Å². The van der Waals surface area contributed by atoms with Crippen LogP contribution in [0.1, 0.15) is 16.7 Å². The third-order valence-corrected chi connectivity index (χ3v) is 3.12. The zero-order valence-corrected chi connectivity index (χ0v) is 11.4. The van der Waals surface area contributed by atoms with Gasteiger partial charge in [0, 0.05) is 18.7 Å². The van der Waals surface area contributed by atoms with Gasteiger partial charge in [0.15, 0.2) is 5.82 Å². The topological polar surface area (TPSA) is 29.3 Å². The van der Waals surface area contributed by atoms with Gasteiger partial charge in [-0.15, -0.1) is 0 Å². The SMILES string of the molecule is Cc1ccc(CN(C)Cc2cccc(N)c2F)cc1. The lowest BCUT2D eigenvalue weighted by molar-refractivity contribution is 0.314. The third kappa shape index (κ3) is 3.55. The Morgan fingerprint density at radius 2 is 1.74 bits per heavy atom. The molecule has 2 nitrogen and oxygen atoms in total. The number of nitrogen functional groups attached to an aromatic ring is 1. The van der Waals surface area contributed by atoms with Gasteiger partial charge in [0.25, 0.3) is 0 Å². The standard InChI is InChI=1S/C16H19FN2/c1-12-6-8-13(9-7-12)10-19(2)11-14-4-3-5-15(18)16(14)17/h3-9H,10-11,18H2,1-2H3. The van der Waals surface area contributed by atoms with Crippen molar-refractivity contribution in [1.29, 1.82) is 0 Å². The van der Waals surface area contributed by atoms with Crippen LogP contribution in [-0.4, -0.2) is 11.9 Å². The Balaban J connectivity index is 2.03. The largest absolute Gasteiger partial charge is 0.396 e. The average molecular weight is 258 g/mol. The maximum Gasteiger partial charge on any atom is 0.150 e. The van der Waals surface area contributed by atoms with E-state index in [1.165, 1.54) is 11.1 Å². The predicted octanol–water partition coefficient (Wildman–Crippen LogP) is 3.35. The van der Waals surface area contributed by atoms with E-state index in [-0.39, 0.29) is 11.5 Å². The lowest BCUT2D eigenvalue weighted by Gasteiger charge is -2.17. The monoisotopic (exact) mass is 258 g/mol. The van der Waals surface area contributed by atoms with Crippen LogP contribution in [0.15, 0.2) is 42.5 Å². The molecule has 0 fully saturated rings. The molecule has 0 saturated heterocycles. The predicted molar refractivity (Wildman–Crippen MR) is 77.2 cm³/mol. The van der Waals surface area contributed by atoms with E-state index >= 15 is 0 Å². The number of rotatable bonds is 4. The summed E-state index contributed by atoms with van der Waals surface area (Å²) in [6, 6.07) is 13.5. The van der Waals surface area contributed by atoms with Crippen LogP contribution in [0.3, 0.4) is 0 Å². The molecule has 0 atom stereocenters. The van der Waals surface area contributed by atoms with E-state index in [0.29, 0.717) is 12.1 Å². The molecule has 0 unspecified atom stereocenters. The molecule has 0 aliphatic carbocycles. The number of hydrogen-bond acceptors (Lipinski definition) is 2. The van der Waals surface area contributed by atoms with Gasteiger partial charge in [0.2, 0.25) is 0 Å².